The van der Waals surface area contributed by atoms with Crippen LogP contribution in [0.3, 0.4) is 0 Å². The molecule has 2 N–H and O–H groups in total. The summed E-state index contributed by atoms with van der Waals surface area (Å²) in [6.07, 6.45) is 6.29. The van der Waals surface area contributed by atoms with Gasteiger partial charge < -0.3 is 10.6 Å². The Morgan fingerprint density at radius 3 is 2.36 bits per heavy atom. The molecule has 6 nitrogen and oxygen atoms in total. The SMILES string of the molecule is O=C(NC1CCCCC1)N[C@H]1CCCN1S(=O)(=O)c1ccc(Cl)cc1. The highest BCUT2D eigenvalue weighted by molar-refractivity contribution is 7.89. The van der Waals surface area contributed by atoms with Crippen LogP contribution < -0.4 is 10.6 Å². The second kappa shape index (κ2) is 7.93. The number of nitrogens with one attached hydrogen (secondary N) is 2. The summed E-state index contributed by atoms with van der Waals surface area (Å²) in [6, 6.07) is 6.02. The molecule has 3 rings (SSSR count). The van der Waals surface area contributed by atoms with Crippen LogP contribution in [0.1, 0.15) is 44.9 Å². The largest absolute Gasteiger partial charge is 0.335 e. The average Bonchev–Trinajstić information content (AvgIpc) is 3.05. The van der Waals surface area contributed by atoms with E-state index in [0.29, 0.717) is 18.0 Å². The molecule has 0 unspecified atom stereocenters. The number of carbonyl (C=O) groups is 1. The van der Waals surface area contributed by atoms with E-state index >= 15 is 0 Å². The maximum atomic E-state index is 12.8. The van der Waals surface area contributed by atoms with Crippen LogP contribution in [0.4, 0.5) is 4.79 Å². The molecule has 1 atom stereocenters. The molecule has 1 saturated heterocycles. The van der Waals surface area contributed by atoms with Crippen LogP contribution in [0.2, 0.25) is 5.02 Å². The molecular formula is C17H24ClN3O3S. The van der Waals surface area contributed by atoms with Gasteiger partial charge in [0, 0.05) is 17.6 Å². The highest BCUT2D eigenvalue weighted by atomic mass is 35.5. The van der Waals surface area contributed by atoms with Crippen molar-refractivity contribution < 1.29 is 13.2 Å². The van der Waals surface area contributed by atoms with E-state index in [0.717, 1.165) is 32.1 Å². The van der Waals surface area contributed by atoms with Gasteiger partial charge in [0.05, 0.1) is 11.1 Å². The highest BCUT2D eigenvalue weighted by Crippen LogP contribution is 2.26. The molecule has 0 radical (unpaired) electrons. The highest BCUT2D eigenvalue weighted by Gasteiger charge is 2.36. The summed E-state index contributed by atoms with van der Waals surface area (Å²) in [5, 5.41) is 6.30. The summed E-state index contributed by atoms with van der Waals surface area (Å²) in [5.41, 5.74) is 0. The van der Waals surface area contributed by atoms with E-state index in [1.54, 1.807) is 12.1 Å². The van der Waals surface area contributed by atoms with E-state index in [1.165, 1.54) is 22.9 Å². The van der Waals surface area contributed by atoms with Gasteiger partial charge in [-0.05, 0) is 49.9 Å². The van der Waals surface area contributed by atoms with Gasteiger partial charge in [0.25, 0.3) is 0 Å². The van der Waals surface area contributed by atoms with Gasteiger partial charge >= 0.3 is 6.03 Å². The molecule has 0 bridgehead atoms. The summed E-state index contributed by atoms with van der Waals surface area (Å²) >= 11 is 5.84. The third-order valence-electron chi connectivity index (χ3n) is 4.86. The Hall–Kier alpha value is -1.31. The number of benzene rings is 1. The Bertz CT molecular complexity index is 702. The lowest BCUT2D eigenvalue weighted by Crippen LogP contribution is -2.52. The molecule has 1 aromatic rings. The van der Waals surface area contributed by atoms with Gasteiger partial charge in [0.1, 0.15) is 0 Å². The second-order valence-corrected chi connectivity index (χ2v) is 9.01. The number of urea groups is 1. The fraction of sp³-hybridized carbons (Fsp3) is 0.588. The third-order valence-corrected chi connectivity index (χ3v) is 7.04. The zero-order valence-corrected chi connectivity index (χ0v) is 15.7. The lowest BCUT2D eigenvalue weighted by molar-refractivity contribution is 0.221. The zero-order chi connectivity index (χ0) is 17.9. The molecule has 1 heterocycles. The fourth-order valence-corrected chi connectivity index (χ4v) is 5.28. The first-order chi connectivity index (χ1) is 12.0. The maximum absolute atomic E-state index is 12.8. The predicted octanol–water partition coefficient (Wildman–Crippen LogP) is 3.08. The molecule has 1 aliphatic heterocycles. The molecule has 2 aliphatic rings. The van der Waals surface area contributed by atoms with E-state index in [-0.39, 0.29) is 17.0 Å². The number of amides is 2. The van der Waals surface area contributed by atoms with Gasteiger partial charge in [-0.1, -0.05) is 30.9 Å². The standard InChI is InChI=1S/C17H24ClN3O3S/c18-13-8-10-15(11-9-13)25(23,24)21-12-4-7-16(21)20-17(22)19-14-5-2-1-3-6-14/h8-11,14,16H,1-7,12H2,(H2,19,20,22)/t16-/m1/s1. The smallest absolute Gasteiger partial charge is 0.316 e. The molecular weight excluding hydrogens is 362 g/mol. The molecule has 1 aliphatic carbocycles. The molecule has 1 aromatic carbocycles. The summed E-state index contributed by atoms with van der Waals surface area (Å²) in [4.78, 5) is 12.5. The van der Waals surface area contributed by atoms with Crippen molar-refractivity contribution in [3.63, 3.8) is 0 Å². The van der Waals surface area contributed by atoms with Crippen molar-refractivity contribution in [2.24, 2.45) is 0 Å². The minimum Gasteiger partial charge on any atom is -0.335 e. The molecule has 2 fully saturated rings. The summed E-state index contributed by atoms with van der Waals surface area (Å²) in [6.45, 7) is 0.402. The molecule has 0 aromatic heterocycles. The topological polar surface area (TPSA) is 78.5 Å². The van der Waals surface area contributed by atoms with Crippen LogP contribution in [0.25, 0.3) is 0 Å². The van der Waals surface area contributed by atoms with Crippen molar-refractivity contribution in [2.75, 3.05) is 6.54 Å². The van der Waals surface area contributed by atoms with Gasteiger partial charge in [-0.3, -0.25) is 0 Å². The molecule has 2 amide bonds. The minimum atomic E-state index is -3.65. The Morgan fingerprint density at radius 1 is 1.00 bits per heavy atom. The summed E-state index contributed by atoms with van der Waals surface area (Å²) in [5.74, 6) is 0. The van der Waals surface area contributed by atoms with Crippen molar-refractivity contribution in [2.45, 2.75) is 62.0 Å². The van der Waals surface area contributed by atoms with Crippen molar-refractivity contribution in [1.82, 2.24) is 14.9 Å². The van der Waals surface area contributed by atoms with Gasteiger partial charge in [0.15, 0.2) is 0 Å². The van der Waals surface area contributed by atoms with Crippen LogP contribution in [0, 0.1) is 0 Å². The number of sulfonamides is 1. The van der Waals surface area contributed by atoms with E-state index in [2.05, 4.69) is 10.6 Å². The normalized spacial score (nSPS) is 22.7. The van der Waals surface area contributed by atoms with Crippen molar-refractivity contribution in [1.29, 1.82) is 0 Å². The molecule has 25 heavy (non-hydrogen) atoms. The summed E-state index contributed by atoms with van der Waals surface area (Å²) in [7, 11) is -3.65. The third kappa shape index (κ3) is 4.46. The van der Waals surface area contributed by atoms with Crippen LogP contribution in [-0.4, -0.2) is 37.5 Å². The van der Waals surface area contributed by atoms with Gasteiger partial charge in [0.2, 0.25) is 10.0 Å². The summed E-state index contributed by atoms with van der Waals surface area (Å²) < 4.78 is 27.0. The number of hydrogen-bond acceptors (Lipinski definition) is 3. The number of rotatable bonds is 4. The molecule has 1 saturated carbocycles. The first kappa shape index (κ1) is 18.5. The van der Waals surface area contributed by atoms with Crippen LogP contribution in [-0.2, 0) is 10.0 Å². The molecule has 0 spiro atoms. The zero-order valence-electron chi connectivity index (χ0n) is 14.1. The number of hydrogen-bond donors (Lipinski definition) is 2. The number of nitrogens with zero attached hydrogens (tertiary/aromatic N) is 1. The van der Waals surface area contributed by atoms with E-state index in [9.17, 15) is 13.2 Å². The van der Waals surface area contributed by atoms with Gasteiger partial charge in [-0.15, -0.1) is 0 Å². The molecule has 138 valence electrons. The predicted molar refractivity (Wildman–Crippen MR) is 96.9 cm³/mol. The maximum Gasteiger partial charge on any atom is 0.316 e. The first-order valence-electron chi connectivity index (χ1n) is 8.81. The van der Waals surface area contributed by atoms with Gasteiger partial charge in [-0.25, -0.2) is 13.2 Å². The van der Waals surface area contributed by atoms with Crippen LogP contribution >= 0.6 is 11.6 Å². The monoisotopic (exact) mass is 385 g/mol. The van der Waals surface area contributed by atoms with Crippen molar-refractivity contribution in [3.05, 3.63) is 29.3 Å². The quantitative estimate of drug-likeness (QED) is 0.835. The minimum absolute atomic E-state index is 0.191. The van der Waals surface area contributed by atoms with E-state index in [4.69, 9.17) is 11.6 Å². The van der Waals surface area contributed by atoms with E-state index < -0.39 is 16.2 Å². The Balaban J connectivity index is 1.65. The van der Waals surface area contributed by atoms with E-state index in [1.807, 2.05) is 0 Å². The average molecular weight is 386 g/mol. The van der Waals surface area contributed by atoms with Crippen molar-refractivity contribution >= 4 is 27.7 Å². The number of halogens is 1. The Labute approximate surface area is 154 Å². The van der Waals surface area contributed by atoms with Crippen LogP contribution in [0.15, 0.2) is 29.2 Å². The lowest BCUT2D eigenvalue weighted by atomic mass is 9.96. The second-order valence-electron chi connectivity index (χ2n) is 6.68. The lowest BCUT2D eigenvalue weighted by Gasteiger charge is -2.27. The van der Waals surface area contributed by atoms with Crippen LogP contribution in [0.5, 0.6) is 0 Å². The van der Waals surface area contributed by atoms with Gasteiger partial charge in [-0.2, -0.15) is 4.31 Å². The molecule has 8 heteroatoms. The first-order valence-corrected chi connectivity index (χ1v) is 10.6. The fourth-order valence-electron chi connectivity index (χ4n) is 3.54. The van der Waals surface area contributed by atoms with Crippen molar-refractivity contribution in [3.8, 4) is 0 Å². The Morgan fingerprint density at radius 2 is 1.68 bits per heavy atom. The Kier molecular flexibility index (Phi) is 5.86. The number of carbonyl (C=O) groups excluding carboxylic acids is 1.